The second kappa shape index (κ2) is 7.12. The highest BCUT2D eigenvalue weighted by Crippen LogP contribution is 2.13. The molecule has 0 fully saturated rings. The Morgan fingerprint density at radius 2 is 1.59 bits per heavy atom. The van der Waals surface area contributed by atoms with Crippen LogP contribution >= 0.6 is 0 Å². The number of nitrogens with one attached hydrogen (secondary N) is 2. The molecule has 2 aromatic carbocycles. The molecular weight excluding hydrogens is 344 g/mol. The van der Waals surface area contributed by atoms with Gasteiger partial charge in [0.05, 0.1) is 0 Å². The van der Waals surface area contributed by atoms with E-state index in [-0.39, 0.29) is 18.2 Å². The van der Waals surface area contributed by atoms with Gasteiger partial charge in [-0.05, 0) is 30.3 Å². The van der Waals surface area contributed by atoms with Crippen LogP contribution in [0.1, 0.15) is 0 Å². The second-order valence-electron chi connectivity index (χ2n) is 5.83. The summed E-state index contributed by atoms with van der Waals surface area (Å²) in [5.41, 5.74) is 1.11. The van der Waals surface area contributed by atoms with Gasteiger partial charge >= 0.3 is 5.69 Å². The van der Waals surface area contributed by atoms with E-state index in [0.29, 0.717) is 11.5 Å². The molecule has 0 aliphatic heterocycles. The van der Waals surface area contributed by atoms with Crippen molar-refractivity contribution in [1.82, 2.24) is 19.2 Å². The predicted octanol–water partition coefficient (Wildman–Crippen LogP) is 2.27. The highest BCUT2D eigenvalue weighted by molar-refractivity contribution is 5.90. The van der Waals surface area contributed by atoms with Crippen molar-refractivity contribution in [3.05, 3.63) is 83.4 Å². The smallest absolute Gasteiger partial charge is 0.340 e. The van der Waals surface area contributed by atoms with Crippen LogP contribution in [0.25, 0.3) is 5.78 Å². The Kier molecular flexibility index (Phi) is 4.36. The number of hydrogen-bond donors (Lipinski definition) is 2. The molecule has 0 aliphatic rings. The molecule has 8 nitrogen and oxygen atoms in total. The molecule has 4 rings (SSSR count). The van der Waals surface area contributed by atoms with Crippen molar-refractivity contribution in [2.45, 2.75) is 6.54 Å². The number of anilines is 3. The van der Waals surface area contributed by atoms with Gasteiger partial charge in [-0.3, -0.25) is 4.79 Å². The van der Waals surface area contributed by atoms with Gasteiger partial charge in [-0.1, -0.05) is 36.4 Å². The highest BCUT2D eigenvalue weighted by Gasteiger charge is 2.12. The van der Waals surface area contributed by atoms with Gasteiger partial charge < -0.3 is 10.6 Å². The van der Waals surface area contributed by atoms with Gasteiger partial charge in [0.2, 0.25) is 5.91 Å². The Bertz CT molecular complexity index is 1140. The molecular formula is C19H16N6O2. The number of amides is 1. The second-order valence-corrected chi connectivity index (χ2v) is 5.83. The summed E-state index contributed by atoms with van der Waals surface area (Å²) in [5.74, 6) is 0.433. The number of para-hydroxylation sites is 2. The molecule has 0 aliphatic carbocycles. The molecule has 0 unspecified atom stereocenters. The molecule has 2 aromatic heterocycles. The molecule has 27 heavy (non-hydrogen) atoms. The first-order chi connectivity index (χ1) is 13.2. The van der Waals surface area contributed by atoms with E-state index in [1.807, 2.05) is 48.5 Å². The molecule has 0 saturated heterocycles. The molecule has 134 valence electrons. The highest BCUT2D eigenvalue weighted by atomic mass is 16.2. The molecule has 0 radical (unpaired) electrons. The van der Waals surface area contributed by atoms with Crippen LogP contribution < -0.4 is 16.3 Å². The summed E-state index contributed by atoms with van der Waals surface area (Å²) in [6, 6.07) is 20.3. The molecule has 4 aromatic rings. The minimum atomic E-state index is -0.424. The largest absolute Gasteiger partial charge is 0.352 e. The van der Waals surface area contributed by atoms with Crippen molar-refractivity contribution >= 4 is 28.9 Å². The summed E-state index contributed by atoms with van der Waals surface area (Å²) in [6.07, 6.45) is 1.58. The first-order valence-corrected chi connectivity index (χ1v) is 8.32. The quantitative estimate of drug-likeness (QED) is 0.569. The molecule has 8 heteroatoms. The van der Waals surface area contributed by atoms with Crippen LogP contribution in [-0.4, -0.2) is 25.1 Å². The SMILES string of the molecule is O=C(Cn1nc2nc(Nc3ccccc3)ccn2c1=O)Nc1ccccc1. The van der Waals surface area contributed by atoms with E-state index < -0.39 is 5.69 Å². The minimum Gasteiger partial charge on any atom is -0.340 e. The molecule has 2 heterocycles. The first kappa shape index (κ1) is 16.5. The number of nitrogens with zero attached hydrogens (tertiary/aromatic N) is 4. The van der Waals surface area contributed by atoms with Crippen molar-refractivity contribution in [3.63, 3.8) is 0 Å². The maximum Gasteiger partial charge on any atom is 0.352 e. The van der Waals surface area contributed by atoms with Gasteiger partial charge in [-0.25, -0.2) is 13.9 Å². The van der Waals surface area contributed by atoms with E-state index in [4.69, 9.17) is 0 Å². The lowest BCUT2D eigenvalue weighted by Gasteiger charge is -2.04. The topological polar surface area (TPSA) is 93.3 Å². The monoisotopic (exact) mass is 360 g/mol. The standard InChI is InChI=1S/C19H16N6O2/c26-17(21-15-9-5-2-6-10-15)13-25-19(27)24-12-11-16(22-18(24)23-25)20-14-7-3-1-4-8-14/h1-12H,13H2,(H,21,26)(H,20,22,23). The van der Waals surface area contributed by atoms with Crippen LogP contribution in [0.5, 0.6) is 0 Å². The molecule has 0 bridgehead atoms. The van der Waals surface area contributed by atoms with Gasteiger partial charge in [0, 0.05) is 17.6 Å². The zero-order chi connectivity index (χ0) is 18.6. The van der Waals surface area contributed by atoms with Gasteiger partial charge in [0.1, 0.15) is 12.4 Å². The van der Waals surface area contributed by atoms with E-state index in [1.165, 1.54) is 4.40 Å². The molecule has 0 spiro atoms. The molecule has 0 atom stereocenters. The van der Waals surface area contributed by atoms with Crippen molar-refractivity contribution in [3.8, 4) is 0 Å². The number of rotatable bonds is 5. The van der Waals surface area contributed by atoms with Crippen LogP contribution in [0.3, 0.4) is 0 Å². The number of carbonyl (C=O) groups excluding carboxylic acids is 1. The Morgan fingerprint density at radius 1 is 0.926 bits per heavy atom. The van der Waals surface area contributed by atoms with E-state index in [0.717, 1.165) is 10.4 Å². The Balaban J connectivity index is 1.54. The lowest BCUT2D eigenvalue weighted by molar-refractivity contribution is -0.117. The van der Waals surface area contributed by atoms with E-state index in [1.54, 1.807) is 24.4 Å². The fourth-order valence-corrected chi connectivity index (χ4v) is 2.61. The van der Waals surface area contributed by atoms with Crippen LogP contribution in [-0.2, 0) is 11.3 Å². The third-order valence-electron chi connectivity index (χ3n) is 3.85. The number of hydrogen-bond acceptors (Lipinski definition) is 5. The average Bonchev–Trinajstić information content (AvgIpc) is 2.98. The van der Waals surface area contributed by atoms with E-state index >= 15 is 0 Å². The normalized spacial score (nSPS) is 10.7. The maximum atomic E-state index is 12.4. The van der Waals surface area contributed by atoms with Gasteiger partial charge in [-0.2, -0.15) is 4.98 Å². The van der Waals surface area contributed by atoms with Crippen LogP contribution in [0, 0.1) is 0 Å². The van der Waals surface area contributed by atoms with Gasteiger partial charge in [0.15, 0.2) is 0 Å². The summed E-state index contributed by atoms with van der Waals surface area (Å²) in [4.78, 5) is 28.9. The summed E-state index contributed by atoms with van der Waals surface area (Å²) < 4.78 is 2.39. The Hall–Kier alpha value is -3.94. The molecule has 1 amide bonds. The van der Waals surface area contributed by atoms with Crippen molar-refractivity contribution in [2.75, 3.05) is 10.6 Å². The van der Waals surface area contributed by atoms with Crippen LogP contribution in [0.15, 0.2) is 77.7 Å². The molecule has 0 saturated carbocycles. The van der Waals surface area contributed by atoms with Crippen molar-refractivity contribution < 1.29 is 4.79 Å². The average molecular weight is 360 g/mol. The minimum absolute atomic E-state index is 0.196. The lowest BCUT2D eigenvalue weighted by Crippen LogP contribution is -2.28. The predicted molar refractivity (Wildman–Crippen MR) is 102 cm³/mol. The zero-order valence-electron chi connectivity index (χ0n) is 14.2. The first-order valence-electron chi connectivity index (χ1n) is 8.32. The van der Waals surface area contributed by atoms with Crippen LogP contribution in [0.2, 0.25) is 0 Å². The lowest BCUT2D eigenvalue weighted by atomic mass is 10.3. The van der Waals surface area contributed by atoms with Gasteiger partial charge in [-0.15, -0.1) is 5.10 Å². The third kappa shape index (κ3) is 3.69. The fraction of sp³-hybridized carbons (Fsp3) is 0.0526. The number of fused-ring (bicyclic) bond motifs is 1. The van der Waals surface area contributed by atoms with E-state index in [9.17, 15) is 9.59 Å². The van der Waals surface area contributed by atoms with Gasteiger partial charge in [0.25, 0.3) is 5.78 Å². The number of carbonyl (C=O) groups is 1. The fourth-order valence-electron chi connectivity index (χ4n) is 2.61. The zero-order valence-corrected chi connectivity index (χ0v) is 14.2. The molecule has 2 N–H and O–H groups in total. The maximum absolute atomic E-state index is 12.4. The Morgan fingerprint density at radius 3 is 2.30 bits per heavy atom. The number of benzene rings is 2. The Labute approximate surface area is 154 Å². The summed E-state index contributed by atoms with van der Waals surface area (Å²) in [7, 11) is 0. The number of aromatic nitrogens is 4. The summed E-state index contributed by atoms with van der Waals surface area (Å²) in [6.45, 7) is -0.196. The summed E-state index contributed by atoms with van der Waals surface area (Å²) >= 11 is 0. The van der Waals surface area contributed by atoms with Crippen molar-refractivity contribution in [1.29, 1.82) is 0 Å². The third-order valence-corrected chi connectivity index (χ3v) is 3.85. The van der Waals surface area contributed by atoms with Crippen molar-refractivity contribution in [2.24, 2.45) is 0 Å². The summed E-state index contributed by atoms with van der Waals surface area (Å²) in [5, 5.41) is 10.0. The van der Waals surface area contributed by atoms with Crippen LogP contribution in [0.4, 0.5) is 17.2 Å². The van der Waals surface area contributed by atoms with E-state index in [2.05, 4.69) is 20.7 Å².